The molecule has 0 aliphatic rings. The van der Waals surface area contributed by atoms with Crippen molar-refractivity contribution >= 4 is 6.03 Å². The van der Waals surface area contributed by atoms with Crippen LogP contribution in [0.15, 0.2) is 24.9 Å². The first-order chi connectivity index (χ1) is 4.70. The van der Waals surface area contributed by atoms with Crippen molar-refractivity contribution in [2.24, 2.45) is 0 Å². The van der Waals surface area contributed by atoms with Crippen LogP contribution in [-0.2, 0) is 0 Å². The van der Waals surface area contributed by atoms with E-state index < -0.39 is 0 Å². The van der Waals surface area contributed by atoms with Crippen molar-refractivity contribution in [3.8, 4) is 0 Å². The predicted molar refractivity (Wildman–Crippen MR) is 41.5 cm³/mol. The second-order valence-electron chi connectivity index (χ2n) is 1.71. The van der Waals surface area contributed by atoms with E-state index in [9.17, 15) is 4.79 Å². The number of hydrogen-bond donors (Lipinski definition) is 2. The van der Waals surface area contributed by atoms with Crippen molar-refractivity contribution < 1.29 is 4.79 Å². The lowest BCUT2D eigenvalue weighted by Crippen LogP contribution is -2.33. The highest BCUT2D eigenvalue weighted by molar-refractivity contribution is 5.76. The van der Waals surface area contributed by atoms with Crippen molar-refractivity contribution in [2.45, 2.75) is 6.92 Å². The van der Waals surface area contributed by atoms with Gasteiger partial charge in [-0.3, -0.25) is 0 Å². The summed E-state index contributed by atoms with van der Waals surface area (Å²) in [7, 11) is 0. The maximum absolute atomic E-state index is 10.7. The van der Waals surface area contributed by atoms with E-state index >= 15 is 0 Å². The zero-order valence-corrected chi connectivity index (χ0v) is 6.11. The fraction of sp³-hybridized carbons (Fsp3) is 0.286. The number of allylic oxidation sites excluding steroid dienone is 1. The summed E-state index contributed by atoms with van der Waals surface area (Å²) in [6.45, 7) is 9.39. The zero-order valence-electron chi connectivity index (χ0n) is 6.11. The van der Waals surface area contributed by atoms with Crippen LogP contribution in [0.3, 0.4) is 0 Å². The lowest BCUT2D eigenvalue weighted by Gasteiger charge is -2.03. The summed E-state index contributed by atoms with van der Waals surface area (Å²) in [4.78, 5) is 10.7. The first-order valence-corrected chi connectivity index (χ1v) is 3.07. The molecule has 0 aliphatic heterocycles. The minimum Gasteiger partial charge on any atom is -0.338 e. The van der Waals surface area contributed by atoms with Crippen LogP contribution in [0.4, 0.5) is 4.79 Å². The Morgan fingerprint density at radius 3 is 2.70 bits per heavy atom. The molecular weight excluding hydrogens is 128 g/mol. The van der Waals surface area contributed by atoms with E-state index in [-0.39, 0.29) is 6.03 Å². The molecule has 0 fully saturated rings. The van der Waals surface area contributed by atoms with Crippen molar-refractivity contribution in [3.63, 3.8) is 0 Å². The van der Waals surface area contributed by atoms with E-state index in [1.807, 2.05) is 6.92 Å². The van der Waals surface area contributed by atoms with Crippen LogP contribution in [0.2, 0.25) is 0 Å². The highest BCUT2D eigenvalue weighted by Crippen LogP contribution is 1.81. The van der Waals surface area contributed by atoms with Gasteiger partial charge in [-0.05, 0) is 13.0 Å². The molecule has 0 radical (unpaired) electrons. The molecule has 0 spiro atoms. The normalized spacial score (nSPS) is 8.10. The van der Waals surface area contributed by atoms with Gasteiger partial charge in [0.25, 0.3) is 0 Å². The number of nitrogens with one attached hydrogen (secondary N) is 2. The lowest BCUT2D eigenvalue weighted by atomic mass is 10.5. The van der Waals surface area contributed by atoms with Gasteiger partial charge in [-0.15, -0.1) is 0 Å². The molecule has 3 nitrogen and oxygen atoms in total. The van der Waals surface area contributed by atoms with E-state index in [2.05, 4.69) is 23.8 Å². The summed E-state index contributed by atoms with van der Waals surface area (Å²) in [5.41, 5.74) is 0.506. The summed E-state index contributed by atoms with van der Waals surface area (Å²) in [5, 5.41) is 5.02. The standard InChI is InChI=1S/C7H12N2O/c1-4-6(3)9-7(10)8-5-2/h4H,1,3,5H2,2H3,(H2,8,9,10). The van der Waals surface area contributed by atoms with Crippen LogP contribution in [0.25, 0.3) is 0 Å². The molecule has 0 aromatic rings. The smallest absolute Gasteiger partial charge is 0.319 e. The number of rotatable bonds is 3. The van der Waals surface area contributed by atoms with Crippen LogP contribution in [0.1, 0.15) is 6.92 Å². The molecule has 0 aromatic carbocycles. The molecule has 0 unspecified atom stereocenters. The first-order valence-electron chi connectivity index (χ1n) is 3.07. The van der Waals surface area contributed by atoms with Gasteiger partial charge < -0.3 is 10.6 Å². The topological polar surface area (TPSA) is 41.1 Å². The molecular formula is C7H12N2O. The number of carbonyl (C=O) groups is 1. The molecule has 0 saturated carbocycles. The number of urea groups is 1. The molecule has 0 heterocycles. The summed E-state index contributed by atoms with van der Waals surface area (Å²) in [6, 6.07) is -0.243. The van der Waals surface area contributed by atoms with Crippen molar-refractivity contribution in [1.82, 2.24) is 10.6 Å². The maximum atomic E-state index is 10.7. The summed E-state index contributed by atoms with van der Waals surface area (Å²) >= 11 is 0. The van der Waals surface area contributed by atoms with Gasteiger partial charge in [0.15, 0.2) is 0 Å². The monoisotopic (exact) mass is 140 g/mol. The Hall–Kier alpha value is -1.25. The molecule has 0 atom stereocenters. The van der Waals surface area contributed by atoms with E-state index in [0.29, 0.717) is 12.2 Å². The minimum atomic E-state index is -0.243. The highest BCUT2D eigenvalue weighted by Gasteiger charge is 1.94. The molecule has 0 rings (SSSR count). The second-order valence-corrected chi connectivity index (χ2v) is 1.71. The molecule has 56 valence electrons. The maximum Gasteiger partial charge on any atom is 0.319 e. The summed E-state index contributed by atoms with van der Waals surface area (Å²) in [6.07, 6.45) is 1.48. The predicted octanol–water partition coefficient (Wildman–Crippen LogP) is 1.01. The van der Waals surface area contributed by atoms with Crippen LogP contribution in [0, 0.1) is 0 Å². The number of carbonyl (C=O) groups excluding carboxylic acids is 1. The third-order valence-corrected chi connectivity index (χ3v) is 0.858. The minimum absolute atomic E-state index is 0.243. The van der Waals surface area contributed by atoms with Crippen molar-refractivity contribution in [2.75, 3.05) is 6.54 Å². The van der Waals surface area contributed by atoms with E-state index in [1.165, 1.54) is 6.08 Å². The van der Waals surface area contributed by atoms with Gasteiger partial charge >= 0.3 is 6.03 Å². The van der Waals surface area contributed by atoms with Crippen LogP contribution in [0.5, 0.6) is 0 Å². The van der Waals surface area contributed by atoms with Crippen LogP contribution >= 0.6 is 0 Å². The Morgan fingerprint density at radius 1 is 1.70 bits per heavy atom. The Labute approximate surface area is 60.8 Å². The van der Waals surface area contributed by atoms with Gasteiger partial charge in [0.2, 0.25) is 0 Å². The largest absolute Gasteiger partial charge is 0.338 e. The molecule has 0 saturated heterocycles. The van der Waals surface area contributed by atoms with E-state index in [1.54, 1.807) is 0 Å². The second kappa shape index (κ2) is 4.61. The van der Waals surface area contributed by atoms with E-state index in [4.69, 9.17) is 0 Å². The number of amides is 2. The number of hydrogen-bond acceptors (Lipinski definition) is 1. The third-order valence-electron chi connectivity index (χ3n) is 0.858. The van der Waals surface area contributed by atoms with Gasteiger partial charge in [0, 0.05) is 12.2 Å². The average molecular weight is 140 g/mol. The SMILES string of the molecule is C=CC(=C)NC(=O)NCC. The van der Waals surface area contributed by atoms with Crippen LogP contribution < -0.4 is 10.6 Å². The first kappa shape index (κ1) is 8.75. The Balaban J connectivity index is 3.57. The Morgan fingerprint density at radius 2 is 2.30 bits per heavy atom. The molecule has 0 aliphatic carbocycles. The highest BCUT2D eigenvalue weighted by atomic mass is 16.2. The molecule has 2 N–H and O–H groups in total. The Kier molecular flexibility index (Phi) is 4.04. The van der Waals surface area contributed by atoms with Crippen molar-refractivity contribution in [1.29, 1.82) is 0 Å². The quantitative estimate of drug-likeness (QED) is 0.564. The van der Waals surface area contributed by atoms with Gasteiger partial charge in [-0.25, -0.2) is 4.79 Å². The molecule has 2 amide bonds. The molecule has 10 heavy (non-hydrogen) atoms. The molecule has 0 aromatic heterocycles. The fourth-order valence-electron chi connectivity index (χ4n) is 0.402. The zero-order chi connectivity index (χ0) is 7.98. The average Bonchev–Trinajstić information content (AvgIpc) is 1.88. The van der Waals surface area contributed by atoms with Gasteiger partial charge in [-0.1, -0.05) is 13.2 Å². The molecule has 0 bridgehead atoms. The lowest BCUT2D eigenvalue weighted by molar-refractivity contribution is 0.244. The third kappa shape index (κ3) is 3.72. The van der Waals surface area contributed by atoms with Gasteiger partial charge in [0.05, 0.1) is 0 Å². The van der Waals surface area contributed by atoms with Crippen molar-refractivity contribution in [3.05, 3.63) is 24.9 Å². The Bertz CT molecular complexity index is 152. The fourth-order valence-corrected chi connectivity index (χ4v) is 0.402. The van der Waals surface area contributed by atoms with E-state index in [0.717, 1.165) is 0 Å². The summed E-state index contributed by atoms with van der Waals surface area (Å²) in [5.74, 6) is 0. The summed E-state index contributed by atoms with van der Waals surface area (Å²) < 4.78 is 0. The molecule has 3 heteroatoms. The van der Waals surface area contributed by atoms with Gasteiger partial charge in [0.1, 0.15) is 0 Å². The van der Waals surface area contributed by atoms with Crippen LogP contribution in [-0.4, -0.2) is 12.6 Å². The van der Waals surface area contributed by atoms with Gasteiger partial charge in [-0.2, -0.15) is 0 Å².